The molecule has 1 aromatic rings. The quantitative estimate of drug-likeness (QED) is 0.641. The van der Waals surface area contributed by atoms with Crippen LogP contribution in [0.4, 0.5) is 0 Å². The van der Waals surface area contributed by atoms with Crippen LogP contribution in [0.1, 0.15) is 12.7 Å². The van der Waals surface area contributed by atoms with E-state index in [4.69, 9.17) is 0 Å². The minimum atomic E-state index is -0.334. The van der Waals surface area contributed by atoms with Crippen LogP contribution in [-0.4, -0.2) is 27.8 Å². The number of aliphatic imine (C=N–C) groups is 1. The minimum Gasteiger partial charge on any atom is -0.306 e. The first-order valence-electron chi connectivity index (χ1n) is 3.93. The summed E-state index contributed by atoms with van der Waals surface area (Å²) in [6, 6.07) is 1.38. The second-order valence-electron chi connectivity index (χ2n) is 2.72. The van der Waals surface area contributed by atoms with E-state index in [1.165, 1.54) is 0 Å². The van der Waals surface area contributed by atoms with Gasteiger partial charge < -0.3 is 5.32 Å². The fourth-order valence-corrected chi connectivity index (χ4v) is 1.04. The molecule has 1 aromatic heterocycles. The van der Waals surface area contributed by atoms with E-state index in [9.17, 15) is 4.79 Å². The third-order valence-electron chi connectivity index (χ3n) is 1.72. The number of carbonyl (C=O) groups excluding carboxylic acids is 1. The maximum absolute atomic E-state index is 11.1. The Labute approximate surface area is 74.9 Å². The van der Waals surface area contributed by atoms with Crippen molar-refractivity contribution in [2.45, 2.75) is 13.0 Å². The maximum atomic E-state index is 11.1. The van der Waals surface area contributed by atoms with E-state index in [0.29, 0.717) is 11.7 Å². The number of hydrogen-bond donors (Lipinski definition) is 1. The van der Waals surface area contributed by atoms with Crippen molar-refractivity contribution in [2.75, 3.05) is 0 Å². The Morgan fingerprint density at radius 2 is 2.08 bits per heavy atom. The number of nitrogens with zero attached hydrogens (tertiary/aromatic N) is 3. The summed E-state index contributed by atoms with van der Waals surface area (Å²) >= 11 is 0. The molecule has 0 aliphatic carbocycles. The molecule has 1 unspecified atom stereocenters. The molecule has 5 nitrogen and oxygen atoms in total. The zero-order valence-electron chi connectivity index (χ0n) is 7.06. The highest BCUT2D eigenvalue weighted by Crippen LogP contribution is 2.02. The molecule has 0 spiro atoms. The van der Waals surface area contributed by atoms with Crippen LogP contribution < -0.4 is 5.32 Å². The van der Waals surface area contributed by atoms with Crippen LogP contribution >= 0.6 is 0 Å². The Morgan fingerprint density at radius 3 is 2.62 bits per heavy atom. The Balaban J connectivity index is 2.30. The van der Waals surface area contributed by atoms with Crippen LogP contribution in [0.15, 0.2) is 23.5 Å². The first kappa shape index (κ1) is 7.85. The molecule has 2 rings (SSSR count). The topological polar surface area (TPSA) is 67.2 Å². The van der Waals surface area contributed by atoms with Gasteiger partial charge in [-0.25, -0.2) is 9.97 Å². The molecule has 2 heterocycles. The average molecular weight is 176 g/mol. The molecular weight excluding hydrogens is 168 g/mol. The Morgan fingerprint density at radius 1 is 1.38 bits per heavy atom. The molecule has 0 aromatic carbocycles. The number of hydrogen-bond acceptors (Lipinski definition) is 4. The number of amidine groups is 1. The van der Waals surface area contributed by atoms with Crippen molar-refractivity contribution >= 4 is 11.7 Å². The lowest BCUT2D eigenvalue weighted by Gasteiger charge is -1.96. The van der Waals surface area contributed by atoms with Crippen LogP contribution in [0.25, 0.3) is 0 Å². The van der Waals surface area contributed by atoms with Gasteiger partial charge in [0.05, 0.1) is 0 Å². The van der Waals surface area contributed by atoms with Crippen molar-refractivity contribution < 1.29 is 4.79 Å². The molecule has 0 saturated carbocycles. The summed E-state index contributed by atoms with van der Waals surface area (Å²) < 4.78 is 0. The molecule has 66 valence electrons. The molecule has 1 amide bonds. The molecule has 1 aliphatic heterocycles. The molecule has 1 aliphatic rings. The van der Waals surface area contributed by atoms with Crippen molar-refractivity contribution in [1.29, 1.82) is 0 Å². The normalized spacial score (nSPS) is 21.2. The lowest BCUT2D eigenvalue weighted by molar-refractivity contribution is -0.119. The molecule has 13 heavy (non-hydrogen) atoms. The summed E-state index contributed by atoms with van der Waals surface area (Å²) in [5, 5.41) is 2.61. The molecule has 0 bridgehead atoms. The third-order valence-corrected chi connectivity index (χ3v) is 1.72. The lowest BCUT2D eigenvalue weighted by Crippen LogP contribution is -2.28. The van der Waals surface area contributed by atoms with Gasteiger partial charge in [-0.15, -0.1) is 0 Å². The zero-order valence-corrected chi connectivity index (χ0v) is 7.06. The Kier molecular flexibility index (Phi) is 1.77. The van der Waals surface area contributed by atoms with Gasteiger partial charge in [-0.05, 0) is 13.0 Å². The highest BCUT2D eigenvalue weighted by Gasteiger charge is 2.23. The standard InChI is InChI=1S/C8H8N4O/c1-5-8(13)12-7(11-5)6-9-3-2-4-10-6/h2-5H,1H3,(H,11,12,13). The first-order chi connectivity index (χ1) is 6.27. The lowest BCUT2D eigenvalue weighted by atomic mass is 10.4. The van der Waals surface area contributed by atoms with Crippen LogP contribution in [0, 0.1) is 0 Å². The van der Waals surface area contributed by atoms with Crippen LogP contribution in [0.3, 0.4) is 0 Å². The Bertz CT molecular complexity index is 360. The fourth-order valence-electron chi connectivity index (χ4n) is 1.04. The third kappa shape index (κ3) is 1.40. The second-order valence-corrected chi connectivity index (χ2v) is 2.72. The van der Waals surface area contributed by atoms with Crippen molar-refractivity contribution in [3.8, 4) is 0 Å². The SMILES string of the molecule is CC1N=C(c2ncccn2)NC1=O. The van der Waals surface area contributed by atoms with Crippen LogP contribution in [-0.2, 0) is 4.79 Å². The predicted octanol–water partition coefficient (Wildman–Crippen LogP) is -0.259. The number of amides is 1. The van der Waals surface area contributed by atoms with E-state index in [-0.39, 0.29) is 11.9 Å². The number of aromatic nitrogens is 2. The van der Waals surface area contributed by atoms with Crippen molar-refractivity contribution in [1.82, 2.24) is 15.3 Å². The first-order valence-corrected chi connectivity index (χ1v) is 3.93. The number of nitrogens with one attached hydrogen (secondary N) is 1. The van der Waals surface area contributed by atoms with E-state index < -0.39 is 0 Å². The van der Waals surface area contributed by atoms with Gasteiger partial charge in [-0.2, -0.15) is 0 Å². The molecule has 5 heteroatoms. The van der Waals surface area contributed by atoms with Crippen molar-refractivity contribution in [2.24, 2.45) is 4.99 Å². The second kappa shape index (κ2) is 2.93. The van der Waals surface area contributed by atoms with Gasteiger partial charge in [0.25, 0.3) is 0 Å². The van der Waals surface area contributed by atoms with Gasteiger partial charge in [-0.3, -0.25) is 9.79 Å². The summed E-state index contributed by atoms with van der Waals surface area (Å²) in [5.74, 6) is 0.806. The number of carbonyl (C=O) groups is 1. The van der Waals surface area contributed by atoms with Gasteiger partial charge in [0.1, 0.15) is 6.04 Å². The van der Waals surface area contributed by atoms with Gasteiger partial charge in [-0.1, -0.05) is 0 Å². The molecule has 1 N–H and O–H groups in total. The molecular formula is C8H8N4O. The zero-order chi connectivity index (χ0) is 9.26. The minimum absolute atomic E-state index is 0.109. The van der Waals surface area contributed by atoms with Crippen LogP contribution in [0.5, 0.6) is 0 Å². The summed E-state index contributed by atoms with van der Waals surface area (Å²) in [6.07, 6.45) is 3.22. The largest absolute Gasteiger partial charge is 0.306 e. The Hall–Kier alpha value is -1.78. The summed E-state index contributed by atoms with van der Waals surface area (Å²) in [6.45, 7) is 1.73. The van der Waals surface area contributed by atoms with Crippen molar-refractivity contribution in [3.05, 3.63) is 24.3 Å². The molecule has 0 radical (unpaired) electrons. The van der Waals surface area contributed by atoms with Gasteiger partial charge in [0.2, 0.25) is 5.91 Å². The summed E-state index contributed by atoms with van der Waals surface area (Å²) in [4.78, 5) is 23.1. The highest BCUT2D eigenvalue weighted by atomic mass is 16.2. The molecule has 0 fully saturated rings. The summed E-state index contributed by atoms with van der Waals surface area (Å²) in [5.41, 5.74) is 0. The van der Waals surface area contributed by atoms with E-state index in [1.54, 1.807) is 25.4 Å². The highest BCUT2D eigenvalue weighted by molar-refractivity contribution is 6.11. The van der Waals surface area contributed by atoms with E-state index in [2.05, 4.69) is 20.3 Å². The van der Waals surface area contributed by atoms with E-state index in [1.807, 2.05) is 0 Å². The van der Waals surface area contributed by atoms with Gasteiger partial charge in [0.15, 0.2) is 11.7 Å². The smallest absolute Gasteiger partial charge is 0.250 e. The van der Waals surface area contributed by atoms with Crippen LogP contribution in [0.2, 0.25) is 0 Å². The predicted molar refractivity (Wildman–Crippen MR) is 46.2 cm³/mol. The van der Waals surface area contributed by atoms with Gasteiger partial charge in [0, 0.05) is 12.4 Å². The van der Waals surface area contributed by atoms with Crippen molar-refractivity contribution in [3.63, 3.8) is 0 Å². The average Bonchev–Trinajstić information content (AvgIpc) is 2.49. The van der Waals surface area contributed by atoms with E-state index in [0.717, 1.165) is 0 Å². The van der Waals surface area contributed by atoms with Gasteiger partial charge >= 0.3 is 0 Å². The number of rotatable bonds is 1. The molecule has 1 atom stereocenters. The molecule has 0 saturated heterocycles. The summed E-state index contributed by atoms with van der Waals surface area (Å²) in [7, 11) is 0. The maximum Gasteiger partial charge on any atom is 0.250 e. The van der Waals surface area contributed by atoms with E-state index >= 15 is 0 Å². The monoisotopic (exact) mass is 176 g/mol. The fraction of sp³-hybridized carbons (Fsp3) is 0.250.